The second-order valence-corrected chi connectivity index (χ2v) is 8.42. The molecule has 0 bridgehead atoms. The number of phosphoric acid groups is 1. The molecule has 3 N–H and O–H groups in total. The van der Waals surface area contributed by atoms with Gasteiger partial charge in [-0.3, -0.25) is 13.8 Å². The van der Waals surface area contributed by atoms with Crippen LogP contribution in [0.4, 0.5) is 5.82 Å². The smallest absolute Gasteiger partial charge is 0.455 e. The Hall–Kier alpha value is -2.55. The molecule has 2 saturated heterocycles. The van der Waals surface area contributed by atoms with Gasteiger partial charge < -0.3 is 20.1 Å². The van der Waals surface area contributed by atoms with Crippen molar-refractivity contribution in [2.24, 2.45) is 5.92 Å². The number of ether oxygens (including phenoxy) is 2. The molecule has 2 aliphatic rings. The quantitative estimate of drug-likeness (QED) is 0.520. The van der Waals surface area contributed by atoms with Crippen molar-refractivity contribution in [3.05, 3.63) is 24.2 Å². The predicted octanol–water partition coefficient (Wildman–Crippen LogP) is 0.513. The largest absolute Gasteiger partial charge is 0.472 e. The molecule has 0 saturated carbocycles. The van der Waals surface area contributed by atoms with Crippen LogP contribution in [0.5, 0.6) is 0 Å². The van der Waals surface area contributed by atoms with E-state index in [9.17, 15) is 19.5 Å². The average molecular weight is 423 g/mol. The molecule has 4 heterocycles. The van der Waals surface area contributed by atoms with Gasteiger partial charge in [-0.05, 0) is 12.1 Å². The number of aromatic nitrogens is 3. The minimum Gasteiger partial charge on any atom is -0.455 e. The van der Waals surface area contributed by atoms with Crippen LogP contribution in [0.25, 0.3) is 5.52 Å². The Labute approximate surface area is 164 Å². The summed E-state index contributed by atoms with van der Waals surface area (Å²) >= 11 is 0. The number of hydrogen-bond donors (Lipinski definition) is 2. The summed E-state index contributed by atoms with van der Waals surface area (Å²) in [5.41, 5.74) is 4.59. The minimum absolute atomic E-state index is 0.171. The van der Waals surface area contributed by atoms with E-state index in [2.05, 4.69) is 10.1 Å². The van der Waals surface area contributed by atoms with Crippen molar-refractivity contribution >= 4 is 25.1 Å². The van der Waals surface area contributed by atoms with Crippen molar-refractivity contribution in [1.82, 2.24) is 14.6 Å². The summed E-state index contributed by atoms with van der Waals surface area (Å²) in [5, 5.41) is 14.2. The molecule has 5 atom stereocenters. The van der Waals surface area contributed by atoms with E-state index < -0.39 is 43.6 Å². The van der Waals surface area contributed by atoms with Gasteiger partial charge in [0.1, 0.15) is 30.1 Å². The van der Waals surface area contributed by atoms with E-state index in [1.54, 1.807) is 19.9 Å². The Morgan fingerprint density at radius 2 is 2.31 bits per heavy atom. The lowest BCUT2D eigenvalue weighted by Gasteiger charge is -2.31. The molecule has 0 spiro atoms. The van der Waals surface area contributed by atoms with Gasteiger partial charge in [-0.2, -0.15) is 10.4 Å². The standard InChI is InChI=1S/C16H18N5O7P/c1-8(2)15(22)26-13-12-10(5-25-29(23,24)28-12)27-16(13,6-17)11-4-3-9-14(18)19-7-20-21(9)11/h3-4,7-8,10,12-13H,5H2,1-2H3,(H,23,24)(H2,18,19,20)/t10-,12-,13-,16+/m1/s1. The zero-order valence-electron chi connectivity index (χ0n) is 15.5. The number of carbonyl (C=O) groups is 1. The normalized spacial score (nSPS) is 34.1. The molecule has 0 aliphatic carbocycles. The number of nitrogens with zero attached hydrogens (tertiary/aromatic N) is 4. The van der Waals surface area contributed by atoms with Gasteiger partial charge in [0, 0.05) is 0 Å². The highest BCUT2D eigenvalue weighted by Crippen LogP contribution is 2.55. The number of rotatable bonds is 3. The van der Waals surface area contributed by atoms with Crippen LogP contribution in [0.1, 0.15) is 19.5 Å². The van der Waals surface area contributed by atoms with Crippen LogP contribution in [-0.2, 0) is 33.5 Å². The van der Waals surface area contributed by atoms with Crippen LogP contribution < -0.4 is 5.73 Å². The van der Waals surface area contributed by atoms with Crippen molar-refractivity contribution in [2.45, 2.75) is 37.8 Å². The maximum absolute atomic E-state index is 12.4. The summed E-state index contributed by atoms with van der Waals surface area (Å²) in [6.45, 7) is 2.91. The molecule has 2 aromatic rings. The molecule has 29 heavy (non-hydrogen) atoms. The minimum atomic E-state index is -4.39. The fraction of sp³-hybridized carbons (Fsp3) is 0.500. The molecule has 2 aromatic heterocycles. The number of esters is 1. The van der Waals surface area contributed by atoms with Crippen LogP contribution in [-0.4, -0.2) is 50.4 Å². The summed E-state index contributed by atoms with van der Waals surface area (Å²) in [6, 6.07) is 5.17. The van der Waals surface area contributed by atoms with E-state index in [-0.39, 0.29) is 18.1 Å². The van der Waals surface area contributed by atoms with Crippen LogP contribution in [0.3, 0.4) is 0 Å². The molecule has 154 valence electrons. The number of nitrogens with two attached hydrogens (primary N) is 1. The van der Waals surface area contributed by atoms with Crippen molar-refractivity contribution < 1.29 is 32.8 Å². The van der Waals surface area contributed by atoms with E-state index in [1.165, 1.54) is 16.9 Å². The van der Waals surface area contributed by atoms with Gasteiger partial charge in [0.2, 0.25) is 5.60 Å². The third-order valence-electron chi connectivity index (χ3n) is 4.80. The van der Waals surface area contributed by atoms with E-state index in [0.717, 1.165) is 0 Å². The highest BCUT2D eigenvalue weighted by atomic mass is 31.2. The van der Waals surface area contributed by atoms with E-state index in [4.69, 9.17) is 24.3 Å². The number of anilines is 1. The topological polar surface area (TPSA) is 171 Å². The van der Waals surface area contributed by atoms with Gasteiger partial charge >= 0.3 is 13.8 Å². The lowest BCUT2D eigenvalue weighted by atomic mass is 9.92. The Morgan fingerprint density at radius 3 is 3.00 bits per heavy atom. The summed E-state index contributed by atoms with van der Waals surface area (Å²) in [7, 11) is -4.39. The number of carbonyl (C=O) groups excluding carboxylic acids is 1. The fourth-order valence-electron chi connectivity index (χ4n) is 3.40. The van der Waals surface area contributed by atoms with Crippen molar-refractivity contribution in [1.29, 1.82) is 5.26 Å². The molecule has 2 aliphatic heterocycles. The van der Waals surface area contributed by atoms with Gasteiger partial charge in [0.25, 0.3) is 0 Å². The highest BCUT2D eigenvalue weighted by Gasteiger charge is 2.64. The summed E-state index contributed by atoms with van der Waals surface area (Å²) in [6.07, 6.45) is -2.29. The lowest BCUT2D eigenvalue weighted by Crippen LogP contribution is -2.46. The summed E-state index contributed by atoms with van der Waals surface area (Å²) < 4.78 is 34.8. The molecule has 0 aromatic carbocycles. The molecule has 4 rings (SSSR count). The monoisotopic (exact) mass is 423 g/mol. The second kappa shape index (κ2) is 6.76. The maximum Gasteiger partial charge on any atom is 0.472 e. The second-order valence-electron chi connectivity index (χ2n) is 7.01. The number of nitriles is 1. The Kier molecular flexibility index (Phi) is 4.60. The average Bonchev–Trinajstić information content (AvgIpc) is 3.22. The molecule has 13 heteroatoms. The first-order valence-corrected chi connectivity index (χ1v) is 10.2. The van der Waals surface area contributed by atoms with Crippen LogP contribution >= 0.6 is 7.82 Å². The molecule has 0 amide bonds. The van der Waals surface area contributed by atoms with E-state index in [0.29, 0.717) is 5.52 Å². The van der Waals surface area contributed by atoms with Crippen molar-refractivity contribution in [3.63, 3.8) is 0 Å². The zero-order valence-corrected chi connectivity index (χ0v) is 16.4. The number of nitrogen functional groups attached to an aromatic ring is 1. The van der Waals surface area contributed by atoms with Gasteiger partial charge in [-0.15, -0.1) is 0 Å². The lowest BCUT2D eigenvalue weighted by molar-refractivity contribution is -0.163. The van der Waals surface area contributed by atoms with Crippen molar-refractivity contribution in [2.75, 3.05) is 12.3 Å². The molecule has 2 fully saturated rings. The molecule has 0 radical (unpaired) electrons. The number of phosphoric ester groups is 1. The number of hydrogen-bond acceptors (Lipinski definition) is 10. The van der Waals surface area contributed by atoms with Gasteiger partial charge in [0.15, 0.2) is 11.9 Å². The predicted molar refractivity (Wildman–Crippen MR) is 94.9 cm³/mol. The van der Waals surface area contributed by atoms with E-state index >= 15 is 0 Å². The van der Waals surface area contributed by atoms with Crippen molar-refractivity contribution in [3.8, 4) is 6.07 Å². The molecular weight excluding hydrogens is 405 g/mol. The summed E-state index contributed by atoms with van der Waals surface area (Å²) in [5.74, 6) is -0.977. The Balaban J connectivity index is 1.87. The third-order valence-corrected chi connectivity index (χ3v) is 5.79. The molecular formula is C16H18N5O7P. The zero-order chi connectivity index (χ0) is 21.0. The third kappa shape index (κ3) is 3.08. The van der Waals surface area contributed by atoms with Crippen LogP contribution in [0, 0.1) is 17.2 Å². The highest BCUT2D eigenvalue weighted by molar-refractivity contribution is 7.47. The fourth-order valence-corrected chi connectivity index (χ4v) is 4.35. The number of fused-ring (bicyclic) bond motifs is 2. The van der Waals surface area contributed by atoms with Crippen LogP contribution in [0.15, 0.2) is 18.5 Å². The Bertz CT molecular complexity index is 1070. The first-order valence-electron chi connectivity index (χ1n) is 8.72. The van der Waals surface area contributed by atoms with Gasteiger partial charge in [-0.1, -0.05) is 13.8 Å². The van der Waals surface area contributed by atoms with Gasteiger partial charge in [-0.25, -0.2) is 14.1 Å². The SMILES string of the molecule is CC(C)C(=O)O[C@@H]1[C@@H]2OP(=O)(O)OC[C@H]2O[C@@]1(C#N)c1ccc2c(N)ncnn12. The maximum atomic E-state index is 12.4. The van der Waals surface area contributed by atoms with Gasteiger partial charge in [0.05, 0.1) is 18.2 Å². The first-order chi connectivity index (χ1) is 13.7. The molecule has 12 nitrogen and oxygen atoms in total. The van der Waals surface area contributed by atoms with E-state index in [1.807, 2.05) is 6.07 Å². The summed E-state index contributed by atoms with van der Waals surface area (Å²) in [4.78, 5) is 26.0. The first kappa shape index (κ1) is 19.8. The van der Waals surface area contributed by atoms with Crippen LogP contribution in [0.2, 0.25) is 0 Å². The molecule has 1 unspecified atom stereocenters. The Morgan fingerprint density at radius 1 is 1.55 bits per heavy atom.